The van der Waals surface area contributed by atoms with E-state index in [1.165, 1.54) is 30.8 Å². The number of hydrogen-bond donors (Lipinski definition) is 0. The summed E-state index contributed by atoms with van der Waals surface area (Å²) >= 11 is 1.17. The molecule has 0 saturated carbocycles. The highest BCUT2D eigenvalue weighted by atomic mass is 32.2. The Labute approximate surface area is 143 Å². The first-order valence-corrected chi connectivity index (χ1v) is 8.70. The third-order valence-corrected chi connectivity index (χ3v) is 4.85. The molecule has 4 nitrogen and oxygen atoms in total. The average Bonchev–Trinajstić information content (AvgIpc) is 2.54. The highest BCUT2D eigenvalue weighted by Gasteiger charge is 2.32. The second-order valence-corrected chi connectivity index (χ2v) is 6.52. The number of carbonyl (C=O) groups excluding carboxylic acids is 2. The van der Waals surface area contributed by atoms with E-state index in [0.29, 0.717) is 26.2 Å². The van der Waals surface area contributed by atoms with Crippen LogP contribution in [0, 0.1) is 0 Å². The lowest BCUT2D eigenvalue weighted by atomic mass is 10.1. The monoisotopic (exact) mass is 360 g/mol. The molecule has 0 N–H and O–H groups in total. The third kappa shape index (κ3) is 4.90. The number of benzene rings is 1. The SMILES string of the molecule is CC(=O)N1CCN(C(=O)CSCc2ccccc2C(F)(F)F)CC1. The standard InChI is InChI=1S/C16H19F3N2O2S/c1-12(22)20-6-8-21(9-7-20)15(23)11-24-10-13-4-2-3-5-14(13)16(17,18)19/h2-5H,6-11H2,1H3. The maximum Gasteiger partial charge on any atom is 0.416 e. The zero-order valence-corrected chi connectivity index (χ0v) is 14.1. The Morgan fingerprint density at radius 2 is 1.67 bits per heavy atom. The summed E-state index contributed by atoms with van der Waals surface area (Å²) in [6.45, 7) is 3.44. The molecular formula is C16H19F3N2O2S. The first-order chi connectivity index (χ1) is 11.3. The number of halogens is 3. The van der Waals surface area contributed by atoms with Crippen molar-refractivity contribution in [2.75, 3.05) is 31.9 Å². The molecule has 0 aliphatic carbocycles. The van der Waals surface area contributed by atoms with Crippen LogP contribution in [0.4, 0.5) is 13.2 Å². The van der Waals surface area contributed by atoms with Crippen molar-refractivity contribution < 1.29 is 22.8 Å². The Morgan fingerprint density at radius 3 is 2.25 bits per heavy atom. The fourth-order valence-electron chi connectivity index (χ4n) is 2.53. The van der Waals surface area contributed by atoms with Gasteiger partial charge in [-0.25, -0.2) is 0 Å². The van der Waals surface area contributed by atoms with Crippen LogP contribution in [0.15, 0.2) is 24.3 Å². The zero-order valence-electron chi connectivity index (χ0n) is 13.3. The predicted molar refractivity (Wildman–Crippen MR) is 86.4 cm³/mol. The maximum atomic E-state index is 12.9. The highest BCUT2D eigenvalue weighted by molar-refractivity contribution is 7.99. The number of nitrogens with zero attached hydrogens (tertiary/aromatic N) is 2. The van der Waals surface area contributed by atoms with E-state index in [1.54, 1.807) is 15.9 Å². The number of alkyl halides is 3. The topological polar surface area (TPSA) is 40.6 Å². The number of thioether (sulfide) groups is 1. The van der Waals surface area contributed by atoms with Crippen LogP contribution in [-0.2, 0) is 21.5 Å². The fourth-order valence-corrected chi connectivity index (χ4v) is 3.46. The van der Waals surface area contributed by atoms with E-state index in [2.05, 4.69) is 0 Å². The normalized spacial score (nSPS) is 15.5. The zero-order chi connectivity index (χ0) is 17.7. The molecule has 1 aliphatic rings. The Bertz CT molecular complexity index is 599. The van der Waals surface area contributed by atoms with Crippen LogP contribution in [0.5, 0.6) is 0 Å². The van der Waals surface area contributed by atoms with Crippen molar-refractivity contribution in [3.63, 3.8) is 0 Å². The molecule has 132 valence electrons. The smallest absolute Gasteiger partial charge is 0.339 e. The Kier molecular flexibility index (Phi) is 6.15. The van der Waals surface area contributed by atoms with E-state index in [-0.39, 0.29) is 28.9 Å². The fraction of sp³-hybridized carbons (Fsp3) is 0.500. The molecule has 24 heavy (non-hydrogen) atoms. The largest absolute Gasteiger partial charge is 0.416 e. The number of rotatable bonds is 4. The number of carbonyl (C=O) groups is 2. The molecule has 0 unspecified atom stereocenters. The Hall–Kier alpha value is -1.70. The van der Waals surface area contributed by atoms with Crippen LogP contribution in [0.3, 0.4) is 0 Å². The van der Waals surface area contributed by atoms with Gasteiger partial charge >= 0.3 is 6.18 Å². The van der Waals surface area contributed by atoms with Crippen molar-refractivity contribution in [2.45, 2.75) is 18.9 Å². The molecule has 1 aromatic rings. The summed E-state index contributed by atoms with van der Waals surface area (Å²) in [5.41, 5.74) is -0.468. The van der Waals surface area contributed by atoms with Gasteiger partial charge in [-0.15, -0.1) is 11.8 Å². The lowest BCUT2D eigenvalue weighted by molar-refractivity contribution is -0.138. The molecule has 0 aromatic heterocycles. The molecule has 1 aliphatic heterocycles. The minimum Gasteiger partial charge on any atom is -0.339 e. The van der Waals surface area contributed by atoms with Gasteiger partial charge in [0, 0.05) is 38.9 Å². The molecule has 2 rings (SSSR count). The lowest BCUT2D eigenvalue weighted by Gasteiger charge is -2.34. The van der Waals surface area contributed by atoms with Crippen LogP contribution in [-0.4, -0.2) is 53.5 Å². The van der Waals surface area contributed by atoms with Crippen molar-refractivity contribution in [3.05, 3.63) is 35.4 Å². The molecular weight excluding hydrogens is 341 g/mol. The molecule has 0 bridgehead atoms. The Balaban J connectivity index is 1.83. The summed E-state index contributed by atoms with van der Waals surface area (Å²) in [5, 5.41) is 0. The molecule has 1 fully saturated rings. The van der Waals surface area contributed by atoms with E-state index in [0.717, 1.165) is 6.07 Å². The van der Waals surface area contributed by atoms with E-state index >= 15 is 0 Å². The quantitative estimate of drug-likeness (QED) is 0.829. The summed E-state index contributed by atoms with van der Waals surface area (Å²) in [4.78, 5) is 26.7. The van der Waals surface area contributed by atoms with Gasteiger partial charge in [-0.3, -0.25) is 9.59 Å². The van der Waals surface area contributed by atoms with Gasteiger partial charge in [0.05, 0.1) is 11.3 Å². The number of piperazine rings is 1. The predicted octanol–water partition coefficient (Wildman–Crippen LogP) is 2.63. The molecule has 1 saturated heterocycles. The van der Waals surface area contributed by atoms with Crippen LogP contribution < -0.4 is 0 Å². The van der Waals surface area contributed by atoms with Gasteiger partial charge in [-0.05, 0) is 11.6 Å². The number of hydrogen-bond acceptors (Lipinski definition) is 3. The summed E-state index contributed by atoms with van der Waals surface area (Å²) in [6.07, 6.45) is -4.38. The van der Waals surface area contributed by atoms with E-state index < -0.39 is 11.7 Å². The van der Waals surface area contributed by atoms with Gasteiger partial charge in [0.1, 0.15) is 0 Å². The molecule has 1 heterocycles. The van der Waals surface area contributed by atoms with Gasteiger partial charge in [-0.1, -0.05) is 18.2 Å². The lowest BCUT2D eigenvalue weighted by Crippen LogP contribution is -2.50. The van der Waals surface area contributed by atoms with Gasteiger partial charge in [-0.2, -0.15) is 13.2 Å². The summed E-state index contributed by atoms with van der Waals surface area (Å²) in [6, 6.07) is 5.41. The van der Waals surface area contributed by atoms with Crippen molar-refractivity contribution in [3.8, 4) is 0 Å². The van der Waals surface area contributed by atoms with Crippen molar-refractivity contribution >= 4 is 23.6 Å². The van der Waals surface area contributed by atoms with Crippen LogP contribution in [0.25, 0.3) is 0 Å². The first-order valence-electron chi connectivity index (χ1n) is 7.55. The van der Waals surface area contributed by atoms with Gasteiger partial charge in [0.15, 0.2) is 0 Å². The van der Waals surface area contributed by atoms with Crippen molar-refractivity contribution in [1.82, 2.24) is 9.80 Å². The van der Waals surface area contributed by atoms with Crippen molar-refractivity contribution in [2.24, 2.45) is 0 Å². The summed E-state index contributed by atoms with van der Waals surface area (Å²) in [7, 11) is 0. The number of amides is 2. The van der Waals surface area contributed by atoms with E-state index in [9.17, 15) is 22.8 Å². The van der Waals surface area contributed by atoms with Crippen LogP contribution in [0.1, 0.15) is 18.1 Å². The molecule has 0 radical (unpaired) electrons. The molecule has 2 amide bonds. The van der Waals surface area contributed by atoms with E-state index in [1.807, 2.05) is 0 Å². The maximum absolute atomic E-state index is 12.9. The summed E-state index contributed by atoms with van der Waals surface area (Å²) in [5.74, 6) is 0.147. The van der Waals surface area contributed by atoms with Gasteiger partial charge in [0.2, 0.25) is 11.8 Å². The molecule has 8 heteroatoms. The van der Waals surface area contributed by atoms with Crippen LogP contribution in [0.2, 0.25) is 0 Å². The summed E-state index contributed by atoms with van der Waals surface area (Å²) < 4.78 is 38.7. The first kappa shape index (κ1) is 18.6. The second kappa shape index (κ2) is 7.92. The molecule has 0 atom stereocenters. The third-order valence-electron chi connectivity index (χ3n) is 3.88. The molecule has 0 spiro atoms. The minimum atomic E-state index is -4.38. The average molecular weight is 360 g/mol. The van der Waals surface area contributed by atoms with Crippen LogP contribution >= 0.6 is 11.8 Å². The Morgan fingerprint density at radius 1 is 1.08 bits per heavy atom. The highest BCUT2D eigenvalue weighted by Crippen LogP contribution is 2.33. The minimum absolute atomic E-state index is 0.0137. The molecule has 1 aromatic carbocycles. The van der Waals surface area contributed by atoms with E-state index in [4.69, 9.17) is 0 Å². The van der Waals surface area contributed by atoms with Crippen molar-refractivity contribution in [1.29, 1.82) is 0 Å². The second-order valence-electron chi connectivity index (χ2n) is 5.53. The van der Waals surface area contributed by atoms with Gasteiger partial charge in [0.25, 0.3) is 0 Å². The van der Waals surface area contributed by atoms with Gasteiger partial charge < -0.3 is 9.80 Å².